The van der Waals surface area contributed by atoms with Crippen LogP contribution in [0.15, 0.2) is 158 Å². The normalized spacial score (nSPS) is 14.0. The summed E-state index contributed by atoms with van der Waals surface area (Å²) in [5, 5.41) is 11.8. The van der Waals surface area contributed by atoms with E-state index in [0.717, 1.165) is 141 Å². The number of hydrogen-bond acceptors (Lipinski definition) is 8. The number of nitrogens with zero attached hydrogens (tertiary/aromatic N) is 1. The van der Waals surface area contributed by atoms with Gasteiger partial charge in [0, 0.05) is 12.8 Å². The van der Waals surface area contributed by atoms with Crippen LogP contribution in [0, 0.1) is 0 Å². The number of allylic oxidation sites excluding steroid dienone is 26. The third-order valence-corrected chi connectivity index (χ3v) is 11.3. The number of quaternary nitrogens is 1. The van der Waals surface area contributed by atoms with E-state index in [4.69, 9.17) is 18.9 Å². The second kappa shape index (κ2) is 55.2. The summed E-state index contributed by atoms with van der Waals surface area (Å²) in [6.07, 6.45) is 78.6. The maximum Gasteiger partial charge on any atom is 0.306 e. The molecule has 0 saturated carbocycles. The van der Waals surface area contributed by atoms with Gasteiger partial charge in [-0.3, -0.25) is 9.59 Å². The number of carbonyl (C=O) groups is 3. The number of likely N-dealkylation sites (N-methyl/N-ethyl adjacent to an activating group) is 1. The highest BCUT2D eigenvalue weighted by atomic mass is 16.7. The quantitative estimate of drug-likeness (QED) is 0.0195. The van der Waals surface area contributed by atoms with E-state index in [0.29, 0.717) is 23.9 Å². The van der Waals surface area contributed by atoms with Crippen LogP contribution < -0.4 is 5.11 Å². The average Bonchev–Trinajstić information content (AvgIpc) is 3.38. The Bertz CT molecular complexity index is 1780. The zero-order valence-corrected chi connectivity index (χ0v) is 47.6. The molecule has 0 rings (SSSR count). The fourth-order valence-corrected chi connectivity index (χ4v) is 6.93. The Kier molecular flexibility index (Phi) is 51.4. The summed E-state index contributed by atoms with van der Waals surface area (Å²) in [6, 6.07) is 0. The van der Waals surface area contributed by atoms with Crippen molar-refractivity contribution in [3.8, 4) is 0 Å². The predicted molar refractivity (Wildman–Crippen MR) is 315 cm³/mol. The molecule has 0 aliphatic heterocycles. The molecule has 0 spiro atoms. The molecule has 75 heavy (non-hydrogen) atoms. The van der Waals surface area contributed by atoms with Gasteiger partial charge in [-0.1, -0.05) is 204 Å². The average molecular weight is 1040 g/mol. The predicted octanol–water partition coefficient (Wildman–Crippen LogP) is 15.7. The lowest BCUT2D eigenvalue weighted by atomic mass is 10.1. The van der Waals surface area contributed by atoms with Gasteiger partial charge in [0.15, 0.2) is 12.4 Å². The van der Waals surface area contributed by atoms with Crippen LogP contribution in [0.3, 0.4) is 0 Å². The van der Waals surface area contributed by atoms with E-state index in [2.05, 4.69) is 172 Å². The Morgan fingerprint density at radius 1 is 0.400 bits per heavy atom. The number of esters is 2. The van der Waals surface area contributed by atoms with Gasteiger partial charge in [0.05, 0.1) is 40.3 Å². The first kappa shape index (κ1) is 69.9. The SMILES string of the molecule is CC/C=C\C/C=C\C/C=C\C/C=C\C/C=C\C/C=C\C/C=C\C/C=C\C/C=C\CCCCCC(=O)OC(COC(=O)CCCCCCCC/C=C\C/C=C\C/C=C\C/C=C\CC)COC(OCC[N+](C)(C)C)C(=O)[O-]. The van der Waals surface area contributed by atoms with Gasteiger partial charge in [-0.05, 0) is 122 Å². The first-order valence-corrected chi connectivity index (χ1v) is 28.6. The Morgan fingerprint density at radius 3 is 1.08 bits per heavy atom. The number of ether oxygens (including phenoxy) is 4. The van der Waals surface area contributed by atoms with Gasteiger partial charge < -0.3 is 33.3 Å². The van der Waals surface area contributed by atoms with E-state index in [1.54, 1.807) is 0 Å². The third kappa shape index (κ3) is 56.5. The van der Waals surface area contributed by atoms with Gasteiger partial charge in [-0.15, -0.1) is 0 Å². The van der Waals surface area contributed by atoms with E-state index < -0.39 is 24.3 Å². The van der Waals surface area contributed by atoms with Crippen molar-refractivity contribution in [1.29, 1.82) is 0 Å². The van der Waals surface area contributed by atoms with Gasteiger partial charge >= 0.3 is 11.9 Å². The minimum absolute atomic E-state index is 0.128. The minimum atomic E-state index is -1.65. The molecule has 0 amide bonds. The number of rotatable bonds is 50. The van der Waals surface area contributed by atoms with Crippen molar-refractivity contribution >= 4 is 17.9 Å². The van der Waals surface area contributed by atoms with Gasteiger partial charge in [-0.2, -0.15) is 0 Å². The third-order valence-electron chi connectivity index (χ3n) is 11.3. The van der Waals surface area contributed by atoms with Crippen LogP contribution in [0.1, 0.15) is 181 Å². The lowest BCUT2D eigenvalue weighted by molar-refractivity contribution is -0.870. The minimum Gasteiger partial charge on any atom is -0.545 e. The number of carboxylic acids is 1. The molecule has 0 bridgehead atoms. The van der Waals surface area contributed by atoms with Gasteiger partial charge in [-0.25, -0.2) is 0 Å². The molecule has 0 aromatic rings. The Hall–Kier alpha value is -5.09. The molecular weight excluding hydrogens is 935 g/mol. The van der Waals surface area contributed by atoms with Crippen molar-refractivity contribution in [3.63, 3.8) is 0 Å². The van der Waals surface area contributed by atoms with Gasteiger partial charge in [0.25, 0.3) is 0 Å². The second-order valence-electron chi connectivity index (χ2n) is 19.5. The monoisotopic (exact) mass is 1040 g/mol. The molecule has 9 nitrogen and oxygen atoms in total. The highest BCUT2D eigenvalue weighted by Crippen LogP contribution is 2.12. The number of aliphatic carboxylic acids is 1. The summed E-state index contributed by atoms with van der Waals surface area (Å²) < 4.78 is 22.6. The molecule has 0 N–H and O–H groups in total. The summed E-state index contributed by atoms with van der Waals surface area (Å²) in [6.45, 7) is 4.43. The fraction of sp³-hybridized carbons (Fsp3) is 0.561. The molecule has 0 aliphatic rings. The van der Waals surface area contributed by atoms with Crippen LogP contribution >= 0.6 is 0 Å². The van der Waals surface area contributed by atoms with E-state index in [1.165, 1.54) is 0 Å². The maximum absolute atomic E-state index is 12.9. The zero-order chi connectivity index (χ0) is 54.8. The van der Waals surface area contributed by atoms with E-state index in [1.807, 2.05) is 21.1 Å². The molecule has 0 saturated heterocycles. The topological polar surface area (TPSA) is 111 Å². The van der Waals surface area contributed by atoms with Crippen molar-refractivity contribution in [2.75, 3.05) is 47.5 Å². The van der Waals surface area contributed by atoms with Crippen LogP contribution in [0.25, 0.3) is 0 Å². The van der Waals surface area contributed by atoms with E-state index >= 15 is 0 Å². The van der Waals surface area contributed by atoms with E-state index in [-0.39, 0.29) is 38.6 Å². The van der Waals surface area contributed by atoms with Crippen LogP contribution in [0.5, 0.6) is 0 Å². The standard InChI is InChI=1S/C66H103NO8/c1-6-8-10-12-14-16-18-20-22-24-26-27-28-29-30-31-32-33-34-35-36-37-39-41-43-45-47-49-51-53-55-57-64(69)75-62(61-74-66(65(70)71)72-59-58-67(3,4)5)60-73-63(68)56-54-52-50-48-46-44-42-40-38-25-23-21-19-17-15-13-11-9-7-2/h8-11,14-17,20-23,26-27,29-30,32-33,35-36,38-41,45,47,62,66H,6-7,12-13,18-19,24-25,28,31,34,37,42-44,46,48-61H2,1-5H3/b10-8-,11-9-,16-14-,17-15-,22-20-,23-21-,27-26-,30-29-,33-32-,36-35-,40-38-,41-39-,47-45-. The lowest BCUT2D eigenvalue weighted by Crippen LogP contribution is -2.44. The Balaban J connectivity index is 4.41. The van der Waals surface area contributed by atoms with E-state index in [9.17, 15) is 19.5 Å². The summed E-state index contributed by atoms with van der Waals surface area (Å²) in [7, 11) is 5.89. The highest BCUT2D eigenvalue weighted by molar-refractivity contribution is 5.70. The van der Waals surface area contributed by atoms with Crippen molar-refractivity contribution in [1.82, 2.24) is 0 Å². The molecule has 0 radical (unpaired) electrons. The van der Waals surface area contributed by atoms with Gasteiger partial charge in [0.2, 0.25) is 0 Å². The van der Waals surface area contributed by atoms with Crippen LogP contribution in [0.4, 0.5) is 0 Å². The van der Waals surface area contributed by atoms with Crippen molar-refractivity contribution < 1.29 is 42.9 Å². The molecule has 0 aromatic carbocycles. The summed E-state index contributed by atoms with van der Waals surface area (Å²) >= 11 is 0. The van der Waals surface area contributed by atoms with Crippen molar-refractivity contribution in [3.05, 3.63) is 158 Å². The molecule has 0 fully saturated rings. The number of carboxylic acid groups (broad SMARTS) is 1. The van der Waals surface area contributed by atoms with Crippen molar-refractivity contribution in [2.45, 2.75) is 193 Å². The molecule has 420 valence electrons. The molecule has 0 aromatic heterocycles. The fourth-order valence-electron chi connectivity index (χ4n) is 6.93. The highest BCUT2D eigenvalue weighted by Gasteiger charge is 2.22. The van der Waals surface area contributed by atoms with Crippen molar-refractivity contribution in [2.24, 2.45) is 0 Å². The second-order valence-corrected chi connectivity index (χ2v) is 19.5. The largest absolute Gasteiger partial charge is 0.545 e. The summed E-state index contributed by atoms with van der Waals surface area (Å²) in [5.74, 6) is -2.37. The molecule has 2 atom stereocenters. The molecule has 0 heterocycles. The zero-order valence-electron chi connectivity index (χ0n) is 47.6. The first-order valence-electron chi connectivity index (χ1n) is 28.6. The number of hydrogen-bond donors (Lipinski definition) is 0. The maximum atomic E-state index is 12.9. The van der Waals surface area contributed by atoms with Gasteiger partial charge in [0.1, 0.15) is 13.2 Å². The molecule has 2 unspecified atom stereocenters. The smallest absolute Gasteiger partial charge is 0.306 e. The first-order chi connectivity index (χ1) is 36.6. The Labute approximate surface area is 457 Å². The number of carbonyl (C=O) groups excluding carboxylic acids is 3. The summed E-state index contributed by atoms with van der Waals surface area (Å²) in [5.41, 5.74) is 0. The molecule has 0 aliphatic carbocycles. The Morgan fingerprint density at radius 2 is 0.720 bits per heavy atom. The van der Waals surface area contributed by atoms with Crippen LogP contribution in [0.2, 0.25) is 0 Å². The number of unbranched alkanes of at least 4 members (excludes halogenated alkanes) is 9. The summed E-state index contributed by atoms with van der Waals surface area (Å²) in [4.78, 5) is 37.3. The lowest BCUT2D eigenvalue weighted by Gasteiger charge is -2.26. The molecule has 9 heteroatoms. The van der Waals surface area contributed by atoms with Crippen LogP contribution in [-0.4, -0.2) is 82.3 Å². The van der Waals surface area contributed by atoms with Crippen LogP contribution in [-0.2, 0) is 33.3 Å². The molecular formula is C66H103NO8.